The van der Waals surface area contributed by atoms with E-state index < -0.39 is 28.9 Å². The van der Waals surface area contributed by atoms with Gasteiger partial charge in [-0.3, -0.25) is 4.79 Å². The number of anilines is 2. The number of hydrogen-bond donors (Lipinski definition) is 4. The Bertz CT molecular complexity index is 964. The summed E-state index contributed by atoms with van der Waals surface area (Å²) < 4.78 is 25.9. The van der Waals surface area contributed by atoms with Gasteiger partial charge in [0.05, 0.1) is 41.2 Å². The van der Waals surface area contributed by atoms with Crippen molar-refractivity contribution in [3.05, 3.63) is 23.3 Å². The maximum atomic E-state index is 12.9. The van der Waals surface area contributed by atoms with Crippen molar-refractivity contribution in [1.82, 2.24) is 0 Å². The Morgan fingerprint density at radius 3 is 1.77 bits per heavy atom. The Kier molecular flexibility index (Phi) is 6.67. The summed E-state index contributed by atoms with van der Waals surface area (Å²) in [6.07, 6.45) is 0. The lowest BCUT2D eigenvalue weighted by molar-refractivity contribution is 0.0698. The van der Waals surface area contributed by atoms with Crippen molar-refractivity contribution >= 4 is 23.3 Å². The number of aromatic carboxylic acids is 1. The van der Waals surface area contributed by atoms with E-state index in [2.05, 4.69) is 5.32 Å². The molecule has 0 unspecified atom stereocenters. The van der Waals surface area contributed by atoms with Crippen molar-refractivity contribution in [3.63, 3.8) is 0 Å². The van der Waals surface area contributed by atoms with Crippen molar-refractivity contribution in [2.75, 3.05) is 46.6 Å². The zero-order valence-electron chi connectivity index (χ0n) is 17.0. The van der Waals surface area contributed by atoms with Crippen LogP contribution in [0.1, 0.15) is 20.7 Å². The second-order valence-electron chi connectivity index (χ2n) is 5.75. The average molecular weight is 422 g/mol. The molecular formula is C19H22N2O9. The van der Waals surface area contributed by atoms with Crippen LogP contribution in [0.15, 0.2) is 12.1 Å². The van der Waals surface area contributed by atoms with Gasteiger partial charge in [-0.15, -0.1) is 0 Å². The molecule has 0 saturated carbocycles. The predicted octanol–water partition coefficient (Wildman–Crippen LogP) is 1.97. The number of carbonyl (C=O) groups is 2. The lowest BCUT2D eigenvalue weighted by Crippen LogP contribution is -2.18. The number of phenols is 1. The first-order valence-electron chi connectivity index (χ1n) is 8.36. The molecule has 162 valence electrons. The van der Waals surface area contributed by atoms with Crippen molar-refractivity contribution in [3.8, 4) is 34.5 Å². The minimum absolute atomic E-state index is 0.0634. The molecule has 0 saturated heterocycles. The molecule has 0 atom stereocenters. The molecular weight excluding hydrogens is 400 g/mol. The SMILES string of the molecule is COc1cc(C(=O)Nc2c(OC)c(OC)c(O)c(N)c2C(=O)O)cc(OC)c1OC. The van der Waals surface area contributed by atoms with Crippen LogP contribution in [0.2, 0.25) is 0 Å². The number of carboxylic acids is 1. The van der Waals surface area contributed by atoms with Gasteiger partial charge in [0.25, 0.3) is 5.91 Å². The molecule has 0 spiro atoms. The lowest BCUT2D eigenvalue weighted by Gasteiger charge is -2.19. The third-order valence-corrected chi connectivity index (χ3v) is 4.21. The van der Waals surface area contributed by atoms with E-state index in [1.807, 2.05) is 0 Å². The summed E-state index contributed by atoms with van der Waals surface area (Å²) in [6, 6.07) is 2.76. The summed E-state index contributed by atoms with van der Waals surface area (Å²) in [5, 5.41) is 22.2. The summed E-state index contributed by atoms with van der Waals surface area (Å²) >= 11 is 0. The van der Waals surface area contributed by atoms with Crippen molar-refractivity contribution < 1.29 is 43.5 Å². The number of nitrogens with two attached hydrogens (primary N) is 1. The van der Waals surface area contributed by atoms with Gasteiger partial charge >= 0.3 is 5.97 Å². The molecule has 11 nitrogen and oxygen atoms in total. The largest absolute Gasteiger partial charge is 0.503 e. The Morgan fingerprint density at radius 2 is 1.37 bits per heavy atom. The maximum Gasteiger partial charge on any atom is 0.340 e. The molecule has 0 aliphatic heterocycles. The Balaban J connectivity index is 2.67. The van der Waals surface area contributed by atoms with Crippen LogP contribution in [0.5, 0.6) is 34.5 Å². The second kappa shape index (κ2) is 8.99. The summed E-state index contributed by atoms with van der Waals surface area (Å²) in [5.41, 5.74) is 4.46. The highest BCUT2D eigenvalue weighted by Gasteiger charge is 2.29. The zero-order chi connectivity index (χ0) is 22.6. The molecule has 30 heavy (non-hydrogen) atoms. The van der Waals surface area contributed by atoms with Gasteiger partial charge in [-0.25, -0.2) is 4.79 Å². The Morgan fingerprint density at radius 1 is 0.867 bits per heavy atom. The number of amides is 1. The summed E-state index contributed by atoms with van der Waals surface area (Å²) in [6.45, 7) is 0. The minimum Gasteiger partial charge on any atom is -0.503 e. The predicted molar refractivity (Wildman–Crippen MR) is 107 cm³/mol. The van der Waals surface area contributed by atoms with Crippen LogP contribution in [0.25, 0.3) is 0 Å². The Hall–Kier alpha value is -4.02. The summed E-state index contributed by atoms with van der Waals surface area (Å²) in [7, 11) is 6.62. The minimum atomic E-state index is -1.50. The van der Waals surface area contributed by atoms with Crippen molar-refractivity contribution in [2.45, 2.75) is 0 Å². The second-order valence-corrected chi connectivity index (χ2v) is 5.75. The van der Waals surface area contributed by atoms with Crippen LogP contribution >= 0.6 is 0 Å². The first kappa shape index (κ1) is 22.3. The van der Waals surface area contributed by atoms with Gasteiger partial charge in [0.2, 0.25) is 11.5 Å². The van der Waals surface area contributed by atoms with Crippen LogP contribution in [-0.2, 0) is 0 Å². The van der Waals surface area contributed by atoms with E-state index in [1.165, 1.54) is 47.7 Å². The van der Waals surface area contributed by atoms with E-state index in [-0.39, 0.29) is 40.0 Å². The molecule has 0 fully saturated rings. The maximum absolute atomic E-state index is 12.9. The van der Waals surface area contributed by atoms with Gasteiger partial charge in [-0.05, 0) is 12.1 Å². The van der Waals surface area contributed by atoms with Gasteiger partial charge in [0.1, 0.15) is 11.3 Å². The number of aromatic hydroxyl groups is 1. The van der Waals surface area contributed by atoms with E-state index in [9.17, 15) is 19.8 Å². The number of benzene rings is 2. The zero-order valence-corrected chi connectivity index (χ0v) is 17.0. The van der Waals surface area contributed by atoms with Crippen LogP contribution in [-0.4, -0.2) is 57.6 Å². The number of nitrogens with one attached hydrogen (secondary N) is 1. The summed E-state index contributed by atoms with van der Waals surface area (Å²) in [5.74, 6) is -2.60. The number of hydrogen-bond acceptors (Lipinski definition) is 9. The number of carbonyl (C=O) groups excluding carboxylic acids is 1. The highest BCUT2D eigenvalue weighted by atomic mass is 16.5. The number of carboxylic acid groups (broad SMARTS) is 1. The topological polar surface area (TPSA) is 159 Å². The molecule has 0 aromatic heterocycles. The van der Waals surface area contributed by atoms with Gasteiger partial charge in [0.15, 0.2) is 23.0 Å². The molecule has 0 radical (unpaired) electrons. The highest BCUT2D eigenvalue weighted by molar-refractivity contribution is 6.12. The standard InChI is InChI=1S/C19H22N2O9/c1-26-9-6-8(7-10(27-2)15(9)28-3)18(23)21-13-11(19(24)25)12(20)14(22)17(30-5)16(13)29-4/h6-7,22H,20H2,1-5H3,(H,21,23)(H,24,25). The number of phenolic OH excluding ortho intramolecular Hbond substituents is 1. The van der Waals surface area contributed by atoms with Crippen LogP contribution in [0.4, 0.5) is 11.4 Å². The molecule has 2 rings (SSSR count). The van der Waals surface area contributed by atoms with Gasteiger partial charge in [-0.2, -0.15) is 0 Å². The molecule has 11 heteroatoms. The van der Waals surface area contributed by atoms with Crippen molar-refractivity contribution in [2.24, 2.45) is 0 Å². The van der Waals surface area contributed by atoms with Crippen LogP contribution in [0, 0.1) is 0 Å². The fourth-order valence-electron chi connectivity index (χ4n) is 2.83. The quantitative estimate of drug-likeness (QED) is 0.281. The molecule has 2 aromatic carbocycles. The van der Waals surface area contributed by atoms with Gasteiger partial charge in [-0.1, -0.05) is 0 Å². The van der Waals surface area contributed by atoms with E-state index in [4.69, 9.17) is 29.4 Å². The fraction of sp³-hybridized carbons (Fsp3) is 0.263. The van der Waals surface area contributed by atoms with Crippen LogP contribution in [0.3, 0.4) is 0 Å². The fourth-order valence-corrected chi connectivity index (χ4v) is 2.83. The van der Waals surface area contributed by atoms with Crippen LogP contribution < -0.4 is 34.7 Å². The molecule has 0 aliphatic carbocycles. The molecule has 2 aromatic rings. The molecule has 0 aliphatic rings. The van der Waals surface area contributed by atoms with Gasteiger partial charge in [0, 0.05) is 5.56 Å². The Labute approximate surface area is 171 Å². The molecule has 0 bridgehead atoms. The third kappa shape index (κ3) is 3.77. The number of ether oxygens (including phenoxy) is 5. The molecule has 1 amide bonds. The third-order valence-electron chi connectivity index (χ3n) is 4.21. The monoisotopic (exact) mass is 422 g/mol. The number of nitrogen functional groups attached to an aromatic ring is 1. The lowest BCUT2D eigenvalue weighted by atomic mass is 10.1. The van der Waals surface area contributed by atoms with Gasteiger partial charge < -0.3 is 44.9 Å². The first-order valence-corrected chi connectivity index (χ1v) is 8.36. The highest BCUT2D eigenvalue weighted by Crippen LogP contribution is 2.49. The normalized spacial score (nSPS) is 10.2. The smallest absolute Gasteiger partial charge is 0.340 e. The van der Waals surface area contributed by atoms with E-state index in [0.29, 0.717) is 0 Å². The van der Waals surface area contributed by atoms with E-state index in [1.54, 1.807) is 0 Å². The first-order chi connectivity index (χ1) is 14.2. The van der Waals surface area contributed by atoms with E-state index in [0.717, 1.165) is 0 Å². The number of methoxy groups -OCH3 is 5. The average Bonchev–Trinajstić information content (AvgIpc) is 2.74. The number of rotatable bonds is 8. The van der Waals surface area contributed by atoms with Crippen molar-refractivity contribution in [1.29, 1.82) is 0 Å². The van der Waals surface area contributed by atoms with E-state index >= 15 is 0 Å². The summed E-state index contributed by atoms with van der Waals surface area (Å²) in [4.78, 5) is 24.7. The molecule has 5 N–H and O–H groups in total. The molecule has 0 heterocycles.